The third-order valence-corrected chi connectivity index (χ3v) is 1.85. The normalized spacial score (nSPS) is 9.23. The van der Waals surface area contributed by atoms with Crippen LogP contribution in [-0.4, -0.2) is 15.7 Å². The number of aromatic nitrogens is 2. The molecule has 0 aliphatic rings. The molecule has 0 radical (unpaired) electrons. The molecule has 0 unspecified atom stereocenters. The van der Waals surface area contributed by atoms with E-state index in [1.54, 1.807) is 4.68 Å². The van der Waals surface area contributed by atoms with Gasteiger partial charge in [-0.2, -0.15) is 5.10 Å². The van der Waals surface area contributed by atoms with E-state index in [2.05, 4.69) is 12.0 Å². The van der Waals surface area contributed by atoms with Crippen molar-refractivity contribution in [3.63, 3.8) is 0 Å². The number of unbranched alkanes of at least 4 members (excludes halogenated alkanes) is 2. The molecule has 0 N–H and O–H groups in total. The van der Waals surface area contributed by atoms with E-state index >= 15 is 0 Å². The van der Waals surface area contributed by atoms with Gasteiger partial charge in [-0.05, 0) is 19.4 Å². The lowest BCUT2D eigenvalue weighted by molar-refractivity contribution is 0.756. The maximum atomic E-state index is 5.38. The molecule has 1 heterocycles. The van der Waals surface area contributed by atoms with Gasteiger partial charge in [-0.25, -0.2) is 0 Å². The summed E-state index contributed by atoms with van der Waals surface area (Å²) < 4.78 is 1.79. The van der Waals surface area contributed by atoms with Gasteiger partial charge in [-0.1, -0.05) is 19.8 Å². The zero-order valence-electron chi connectivity index (χ0n) is 8.76. The molecule has 0 fully saturated rings. The highest BCUT2D eigenvalue weighted by molar-refractivity contribution is 6.17. The molecule has 0 atom stereocenters. The van der Waals surface area contributed by atoms with E-state index in [4.69, 9.17) is 11.6 Å². The summed E-state index contributed by atoms with van der Waals surface area (Å²) in [6, 6.07) is 1.97. The van der Waals surface area contributed by atoms with Crippen LogP contribution in [0, 0.1) is 6.92 Å². The fraction of sp³-hybridized carbons (Fsp3) is 0.700. The zero-order valence-corrected chi connectivity index (χ0v) is 9.51. The number of halogens is 1. The molecular formula is C10H19ClN2. The van der Waals surface area contributed by atoms with Gasteiger partial charge in [0, 0.05) is 19.1 Å². The third kappa shape index (κ3) is 7.85. The Labute approximate surface area is 85.9 Å². The number of rotatable bonds is 3. The lowest BCUT2D eigenvalue weighted by Gasteiger charge is -1.84. The van der Waals surface area contributed by atoms with Crippen molar-refractivity contribution in [1.29, 1.82) is 0 Å². The molecule has 13 heavy (non-hydrogen) atoms. The van der Waals surface area contributed by atoms with Crippen molar-refractivity contribution >= 4 is 11.6 Å². The minimum atomic E-state index is 0.827. The van der Waals surface area contributed by atoms with E-state index in [9.17, 15) is 0 Å². The van der Waals surface area contributed by atoms with Gasteiger partial charge in [0.15, 0.2) is 0 Å². The number of alkyl halides is 1. The van der Waals surface area contributed by atoms with Crippen LogP contribution in [-0.2, 0) is 7.05 Å². The van der Waals surface area contributed by atoms with Crippen LogP contribution in [0.25, 0.3) is 0 Å². The predicted octanol–water partition coefficient (Wildman–Crippen LogP) is 3.14. The van der Waals surface area contributed by atoms with Crippen LogP contribution < -0.4 is 0 Å². The number of hydrogen-bond acceptors (Lipinski definition) is 1. The lowest BCUT2D eigenvalue weighted by Crippen LogP contribution is -1.86. The fourth-order valence-electron chi connectivity index (χ4n) is 0.876. The highest BCUT2D eigenvalue weighted by Crippen LogP contribution is 1.93. The second kappa shape index (κ2) is 8.11. The van der Waals surface area contributed by atoms with Crippen molar-refractivity contribution in [2.24, 2.45) is 7.05 Å². The van der Waals surface area contributed by atoms with Crippen LogP contribution in [0.5, 0.6) is 0 Å². The van der Waals surface area contributed by atoms with E-state index in [0.29, 0.717) is 0 Å². The molecule has 0 bridgehead atoms. The monoisotopic (exact) mass is 202 g/mol. The standard InChI is InChI=1S/C5H11Cl.C5H8N2/c1-2-3-4-5-6;1-5-3-4-7(2)6-5/h2-5H2,1H3;3-4H,1-2H3. The largest absolute Gasteiger partial charge is 0.276 e. The van der Waals surface area contributed by atoms with Crippen LogP contribution in [0.15, 0.2) is 12.3 Å². The molecular weight excluding hydrogens is 184 g/mol. The summed E-state index contributed by atoms with van der Waals surface area (Å²) in [6.45, 7) is 4.15. The maximum absolute atomic E-state index is 5.38. The summed E-state index contributed by atoms with van der Waals surface area (Å²) in [4.78, 5) is 0. The second-order valence-corrected chi connectivity index (χ2v) is 3.40. The molecule has 76 valence electrons. The molecule has 0 aromatic carbocycles. The molecule has 1 aromatic rings. The van der Waals surface area contributed by atoms with E-state index in [-0.39, 0.29) is 0 Å². The Bertz CT molecular complexity index is 188. The van der Waals surface area contributed by atoms with E-state index in [1.807, 2.05) is 26.2 Å². The first-order valence-corrected chi connectivity index (χ1v) is 5.26. The lowest BCUT2D eigenvalue weighted by atomic mass is 10.3. The number of aryl methyl sites for hydroxylation is 2. The average molecular weight is 203 g/mol. The average Bonchev–Trinajstić information content (AvgIpc) is 2.47. The minimum Gasteiger partial charge on any atom is -0.276 e. The SMILES string of the molecule is CCCCCCl.Cc1ccn(C)n1. The Morgan fingerprint density at radius 3 is 2.31 bits per heavy atom. The van der Waals surface area contributed by atoms with Gasteiger partial charge in [0.05, 0.1) is 5.69 Å². The molecule has 0 amide bonds. The minimum absolute atomic E-state index is 0.827. The van der Waals surface area contributed by atoms with Crippen LogP contribution in [0.3, 0.4) is 0 Å². The summed E-state index contributed by atoms with van der Waals surface area (Å²) in [5.74, 6) is 0.827. The van der Waals surface area contributed by atoms with Crippen LogP contribution in [0.2, 0.25) is 0 Å². The van der Waals surface area contributed by atoms with Crippen molar-refractivity contribution < 1.29 is 0 Å². The summed E-state index contributed by atoms with van der Waals surface area (Å²) >= 11 is 5.38. The Morgan fingerprint density at radius 2 is 2.15 bits per heavy atom. The molecule has 0 aliphatic heterocycles. The molecule has 0 spiro atoms. The first kappa shape index (κ1) is 12.5. The molecule has 1 rings (SSSR count). The third-order valence-electron chi connectivity index (χ3n) is 1.58. The highest BCUT2D eigenvalue weighted by atomic mass is 35.5. The first-order valence-electron chi connectivity index (χ1n) is 4.73. The fourth-order valence-corrected chi connectivity index (χ4v) is 1.06. The Morgan fingerprint density at radius 1 is 1.46 bits per heavy atom. The van der Waals surface area contributed by atoms with E-state index in [1.165, 1.54) is 19.3 Å². The molecule has 1 aromatic heterocycles. The molecule has 0 saturated carbocycles. The Hall–Kier alpha value is -0.500. The van der Waals surface area contributed by atoms with Crippen molar-refractivity contribution in [1.82, 2.24) is 9.78 Å². The summed E-state index contributed by atoms with van der Waals surface area (Å²) in [7, 11) is 1.91. The Kier molecular flexibility index (Phi) is 7.80. The number of hydrogen-bond donors (Lipinski definition) is 0. The molecule has 0 aliphatic carbocycles. The summed E-state index contributed by atoms with van der Waals surface area (Å²) in [5, 5.41) is 4.03. The van der Waals surface area contributed by atoms with Crippen molar-refractivity contribution in [2.75, 3.05) is 5.88 Å². The number of nitrogens with zero attached hydrogens (tertiary/aromatic N) is 2. The van der Waals surface area contributed by atoms with E-state index in [0.717, 1.165) is 11.6 Å². The zero-order chi connectivity index (χ0) is 10.1. The van der Waals surface area contributed by atoms with Gasteiger partial charge in [-0.15, -0.1) is 11.6 Å². The molecule has 3 heteroatoms. The molecule has 2 nitrogen and oxygen atoms in total. The van der Waals surface area contributed by atoms with Crippen molar-refractivity contribution in [3.8, 4) is 0 Å². The quantitative estimate of drug-likeness (QED) is 0.544. The topological polar surface area (TPSA) is 17.8 Å². The Balaban J connectivity index is 0.000000226. The summed E-state index contributed by atoms with van der Waals surface area (Å²) in [6.07, 6.45) is 5.66. The van der Waals surface area contributed by atoms with E-state index < -0.39 is 0 Å². The summed E-state index contributed by atoms with van der Waals surface area (Å²) in [5.41, 5.74) is 1.07. The maximum Gasteiger partial charge on any atom is 0.0593 e. The highest BCUT2D eigenvalue weighted by Gasteiger charge is 1.81. The second-order valence-electron chi connectivity index (χ2n) is 3.03. The van der Waals surface area contributed by atoms with Crippen LogP contribution in [0.1, 0.15) is 31.9 Å². The van der Waals surface area contributed by atoms with Gasteiger partial charge >= 0.3 is 0 Å². The molecule has 0 saturated heterocycles. The van der Waals surface area contributed by atoms with Crippen molar-refractivity contribution in [3.05, 3.63) is 18.0 Å². The van der Waals surface area contributed by atoms with Gasteiger partial charge in [0.1, 0.15) is 0 Å². The van der Waals surface area contributed by atoms with Gasteiger partial charge < -0.3 is 0 Å². The van der Waals surface area contributed by atoms with Crippen LogP contribution in [0.4, 0.5) is 0 Å². The van der Waals surface area contributed by atoms with Gasteiger partial charge in [-0.3, -0.25) is 4.68 Å². The van der Waals surface area contributed by atoms with Crippen LogP contribution >= 0.6 is 11.6 Å². The van der Waals surface area contributed by atoms with Gasteiger partial charge in [0.25, 0.3) is 0 Å². The van der Waals surface area contributed by atoms with Gasteiger partial charge in [0.2, 0.25) is 0 Å². The predicted molar refractivity (Wildman–Crippen MR) is 58.2 cm³/mol. The first-order chi connectivity index (χ1) is 6.20. The van der Waals surface area contributed by atoms with Crippen molar-refractivity contribution in [2.45, 2.75) is 33.1 Å². The smallest absolute Gasteiger partial charge is 0.0593 e.